The van der Waals surface area contributed by atoms with E-state index in [0.717, 1.165) is 16.1 Å². The van der Waals surface area contributed by atoms with E-state index in [1.807, 2.05) is 19.1 Å². The molecule has 17 heavy (non-hydrogen) atoms. The summed E-state index contributed by atoms with van der Waals surface area (Å²) in [4.78, 5) is 2.56. The highest BCUT2D eigenvalue weighted by molar-refractivity contribution is 7.12. The summed E-state index contributed by atoms with van der Waals surface area (Å²) in [5, 5.41) is 0.751. The number of aryl methyl sites for hydroxylation is 3. The molecule has 1 nitrogen and oxygen atoms in total. The molecule has 0 radical (unpaired) electrons. The van der Waals surface area contributed by atoms with Crippen LogP contribution in [0.4, 0.5) is 0 Å². The third kappa shape index (κ3) is 2.54. The van der Waals surface area contributed by atoms with Crippen molar-refractivity contribution in [3.8, 4) is 0 Å². The van der Waals surface area contributed by atoms with Gasteiger partial charge in [0, 0.05) is 14.8 Å². The van der Waals surface area contributed by atoms with Crippen molar-refractivity contribution < 1.29 is 0 Å². The van der Waals surface area contributed by atoms with Gasteiger partial charge in [0.05, 0.1) is 6.04 Å². The third-order valence-corrected chi connectivity index (χ3v) is 4.21. The molecule has 0 saturated heterocycles. The molecule has 90 valence electrons. The largest absolute Gasteiger partial charge is 0.320 e. The molecule has 1 unspecified atom stereocenters. The predicted octanol–water partition coefficient (Wildman–Crippen LogP) is 4.37. The van der Waals surface area contributed by atoms with E-state index in [2.05, 4.69) is 26.0 Å². The van der Waals surface area contributed by atoms with Gasteiger partial charge in [-0.1, -0.05) is 23.7 Å². The zero-order valence-electron chi connectivity index (χ0n) is 10.3. The Kier molecular flexibility index (Phi) is 3.57. The van der Waals surface area contributed by atoms with Gasteiger partial charge in [0.25, 0.3) is 0 Å². The van der Waals surface area contributed by atoms with Gasteiger partial charge in [-0.05, 0) is 49.6 Å². The summed E-state index contributed by atoms with van der Waals surface area (Å²) in [5.41, 5.74) is 9.64. The molecule has 1 aromatic heterocycles. The summed E-state index contributed by atoms with van der Waals surface area (Å²) in [6.07, 6.45) is 0. The van der Waals surface area contributed by atoms with E-state index in [4.69, 9.17) is 17.3 Å². The molecule has 0 aliphatic rings. The Morgan fingerprint density at radius 2 is 1.82 bits per heavy atom. The first-order valence-electron chi connectivity index (χ1n) is 5.57. The Labute approximate surface area is 111 Å². The first-order chi connectivity index (χ1) is 7.99. The van der Waals surface area contributed by atoms with Crippen LogP contribution in [0.1, 0.15) is 32.5 Å². The highest BCUT2D eigenvalue weighted by atomic mass is 35.5. The molecular weight excluding hydrogens is 250 g/mol. The molecule has 2 aromatic rings. The smallest absolute Gasteiger partial charge is 0.0577 e. The first kappa shape index (κ1) is 12.6. The van der Waals surface area contributed by atoms with Gasteiger partial charge in [-0.2, -0.15) is 0 Å². The standard InChI is InChI=1S/C14H16ClNS/c1-8-4-5-11(13(15)6-8)14(16)12-7-9(2)17-10(12)3/h4-7,14H,16H2,1-3H3. The highest BCUT2D eigenvalue weighted by Gasteiger charge is 2.16. The minimum Gasteiger partial charge on any atom is -0.320 e. The lowest BCUT2D eigenvalue weighted by atomic mass is 9.99. The highest BCUT2D eigenvalue weighted by Crippen LogP contribution is 2.32. The second-order valence-corrected chi connectivity index (χ2v) is 6.24. The molecule has 0 bridgehead atoms. The number of hydrogen-bond donors (Lipinski definition) is 1. The van der Waals surface area contributed by atoms with Crippen molar-refractivity contribution in [2.75, 3.05) is 0 Å². The maximum Gasteiger partial charge on any atom is 0.0577 e. The maximum atomic E-state index is 6.30. The lowest BCUT2D eigenvalue weighted by Gasteiger charge is -2.14. The van der Waals surface area contributed by atoms with Gasteiger partial charge in [0.2, 0.25) is 0 Å². The van der Waals surface area contributed by atoms with Gasteiger partial charge in [0.15, 0.2) is 0 Å². The van der Waals surface area contributed by atoms with Crippen LogP contribution in [0.25, 0.3) is 0 Å². The molecule has 0 amide bonds. The lowest BCUT2D eigenvalue weighted by Crippen LogP contribution is -2.12. The predicted molar refractivity (Wildman–Crippen MR) is 76.0 cm³/mol. The summed E-state index contributed by atoms with van der Waals surface area (Å²) in [7, 11) is 0. The van der Waals surface area contributed by atoms with Crippen LogP contribution in [0.15, 0.2) is 24.3 Å². The van der Waals surface area contributed by atoms with Crippen LogP contribution < -0.4 is 5.73 Å². The average molecular weight is 266 g/mol. The van der Waals surface area contributed by atoms with Gasteiger partial charge in [-0.15, -0.1) is 11.3 Å². The summed E-state index contributed by atoms with van der Waals surface area (Å²) in [6, 6.07) is 8.06. The van der Waals surface area contributed by atoms with E-state index in [9.17, 15) is 0 Å². The van der Waals surface area contributed by atoms with Crippen LogP contribution in [0.5, 0.6) is 0 Å². The van der Waals surface area contributed by atoms with Gasteiger partial charge in [-0.3, -0.25) is 0 Å². The Bertz CT molecular complexity index is 545. The SMILES string of the molecule is Cc1ccc(C(N)c2cc(C)sc2C)c(Cl)c1. The lowest BCUT2D eigenvalue weighted by molar-refractivity contribution is 0.868. The topological polar surface area (TPSA) is 26.0 Å². The fourth-order valence-corrected chi connectivity index (χ4v) is 3.34. The Morgan fingerprint density at radius 3 is 2.35 bits per heavy atom. The maximum absolute atomic E-state index is 6.30. The van der Waals surface area contributed by atoms with Crippen molar-refractivity contribution in [1.29, 1.82) is 0 Å². The van der Waals surface area contributed by atoms with E-state index in [1.165, 1.54) is 15.3 Å². The van der Waals surface area contributed by atoms with Crippen molar-refractivity contribution in [2.45, 2.75) is 26.8 Å². The Balaban J connectivity index is 2.43. The number of halogens is 1. The van der Waals surface area contributed by atoms with Crippen molar-refractivity contribution in [3.05, 3.63) is 55.7 Å². The van der Waals surface area contributed by atoms with E-state index in [-0.39, 0.29) is 6.04 Å². The molecule has 2 rings (SSSR count). The normalized spacial score (nSPS) is 12.8. The van der Waals surface area contributed by atoms with Crippen LogP contribution >= 0.6 is 22.9 Å². The quantitative estimate of drug-likeness (QED) is 0.857. The van der Waals surface area contributed by atoms with Crippen molar-refractivity contribution in [2.24, 2.45) is 5.73 Å². The zero-order chi connectivity index (χ0) is 12.6. The zero-order valence-corrected chi connectivity index (χ0v) is 11.8. The third-order valence-electron chi connectivity index (χ3n) is 2.91. The van der Waals surface area contributed by atoms with E-state index in [0.29, 0.717) is 0 Å². The molecular formula is C14H16ClNS. The molecule has 2 N–H and O–H groups in total. The summed E-state index contributed by atoms with van der Waals surface area (Å²) in [5.74, 6) is 0. The van der Waals surface area contributed by atoms with Crippen LogP contribution in [0.3, 0.4) is 0 Å². The average Bonchev–Trinajstić information content (AvgIpc) is 2.57. The molecule has 1 aromatic carbocycles. The summed E-state index contributed by atoms with van der Waals surface area (Å²) >= 11 is 8.03. The second kappa shape index (κ2) is 4.81. The Hall–Kier alpha value is -0.830. The number of thiophene rings is 1. The summed E-state index contributed by atoms with van der Waals surface area (Å²) < 4.78 is 0. The molecule has 0 aliphatic carbocycles. The number of benzene rings is 1. The van der Waals surface area contributed by atoms with Gasteiger partial charge in [-0.25, -0.2) is 0 Å². The molecule has 0 aliphatic heterocycles. The number of hydrogen-bond acceptors (Lipinski definition) is 2. The molecule has 0 fully saturated rings. The molecule has 1 heterocycles. The van der Waals surface area contributed by atoms with Crippen LogP contribution in [-0.4, -0.2) is 0 Å². The molecule has 1 atom stereocenters. The summed E-state index contributed by atoms with van der Waals surface area (Å²) in [6.45, 7) is 6.24. The molecule has 0 saturated carbocycles. The first-order valence-corrected chi connectivity index (χ1v) is 6.77. The second-order valence-electron chi connectivity index (χ2n) is 4.37. The van der Waals surface area contributed by atoms with Crippen LogP contribution in [0, 0.1) is 20.8 Å². The number of nitrogens with two attached hydrogens (primary N) is 1. The fourth-order valence-electron chi connectivity index (χ4n) is 2.01. The van der Waals surface area contributed by atoms with Gasteiger partial charge in [0.1, 0.15) is 0 Å². The van der Waals surface area contributed by atoms with Crippen LogP contribution in [-0.2, 0) is 0 Å². The Morgan fingerprint density at radius 1 is 1.12 bits per heavy atom. The fraction of sp³-hybridized carbons (Fsp3) is 0.286. The van der Waals surface area contributed by atoms with Crippen molar-refractivity contribution in [1.82, 2.24) is 0 Å². The van der Waals surface area contributed by atoms with Crippen LogP contribution in [0.2, 0.25) is 5.02 Å². The molecule has 0 spiro atoms. The van der Waals surface area contributed by atoms with E-state index in [1.54, 1.807) is 11.3 Å². The number of rotatable bonds is 2. The van der Waals surface area contributed by atoms with Crippen molar-refractivity contribution in [3.63, 3.8) is 0 Å². The monoisotopic (exact) mass is 265 g/mol. The minimum atomic E-state index is -0.131. The van der Waals surface area contributed by atoms with Gasteiger partial charge >= 0.3 is 0 Å². The minimum absolute atomic E-state index is 0.131. The van der Waals surface area contributed by atoms with E-state index < -0.39 is 0 Å². The molecule has 3 heteroatoms. The van der Waals surface area contributed by atoms with E-state index >= 15 is 0 Å². The van der Waals surface area contributed by atoms with Crippen molar-refractivity contribution >= 4 is 22.9 Å². The van der Waals surface area contributed by atoms with Gasteiger partial charge < -0.3 is 5.73 Å².